The van der Waals surface area contributed by atoms with Gasteiger partial charge in [-0.15, -0.1) is 0 Å². The first-order valence-electron chi connectivity index (χ1n) is 6.39. The SMILES string of the molecule is CCOC(=O)CN(c1ccc([N+](=O)[O-])cc1I)C1CC1. The Hall–Kier alpha value is -1.38. The predicted molar refractivity (Wildman–Crippen MR) is 82.8 cm³/mol. The van der Waals surface area contributed by atoms with Crippen LogP contribution in [0.25, 0.3) is 0 Å². The lowest BCUT2D eigenvalue weighted by atomic mass is 10.2. The maximum atomic E-state index is 11.7. The van der Waals surface area contributed by atoms with Gasteiger partial charge in [-0.2, -0.15) is 0 Å². The van der Waals surface area contributed by atoms with Crippen LogP contribution in [-0.4, -0.2) is 30.1 Å². The van der Waals surface area contributed by atoms with Crippen LogP contribution in [0.2, 0.25) is 0 Å². The van der Waals surface area contributed by atoms with Crippen molar-refractivity contribution in [3.63, 3.8) is 0 Å². The minimum absolute atomic E-state index is 0.0602. The Balaban J connectivity index is 2.21. The Morgan fingerprint density at radius 2 is 2.25 bits per heavy atom. The lowest BCUT2D eigenvalue weighted by molar-refractivity contribution is -0.384. The number of ether oxygens (including phenoxy) is 1. The van der Waals surface area contributed by atoms with Crippen LogP contribution < -0.4 is 4.90 Å². The van der Waals surface area contributed by atoms with Crippen molar-refractivity contribution in [2.75, 3.05) is 18.1 Å². The number of nitro benzene ring substituents is 1. The topological polar surface area (TPSA) is 72.7 Å². The molecule has 6 nitrogen and oxygen atoms in total. The van der Waals surface area contributed by atoms with Gasteiger partial charge in [0, 0.05) is 21.7 Å². The molecule has 0 atom stereocenters. The number of hydrogen-bond acceptors (Lipinski definition) is 5. The largest absolute Gasteiger partial charge is 0.465 e. The van der Waals surface area contributed by atoms with E-state index in [0.717, 1.165) is 22.1 Å². The standard InChI is InChI=1S/C13H15IN2O4/c1-2-20-13(17)8-15(9-3-4-9)12-6-5-10(16(18)19)7-11(12)14/h5-7,9H,2-4,8H2,1H3. The first kappa shape index (κ1) is 15.0. The number of nitro groups is 1. The van der Waals surface area contributed by atoms with Gasteiger partial charge < -0.3 is 9.64 Å². The molecular formula is C13H15IN2O4. The number of carbonyl (C=O) groups is 1. The van der Waals surface area contributed by atoms with Gasteiger partial charge >= 0.3 is 5.97 Å². The summed E-state index contributed by atoms with van der Waals surface area (Å²) in [6.07, 6.45) is 2.07. The zero-order valence-electron chi connectivity index (χ0n) is 11.0. The number of esters is 1. The molecule has 1 fully saturated rings. The van der Waals surface area contributed by atoms with Crippen molar-refractivity contribution < 1.29 is 14.5 Å². The van der Waals surface area contributed by atoms with Gasteiger partial charge in [-0.05, 0) is 48.4 Å². The first-order chi connectivity index (χ1) is 9.52. The van der Waals surface area contributed by atoms with Gasteiger partial charge in [-0.3, -0.25) is 14.9 Å². The molecule has 0 heterocycles. The summed E-state index contributed by atoms with van der Waals surface area (Å²) >= 11 is 2.07. The summed E-state index contributed by atoms with van der Waals surface area (Å²) in [6.45, 7) is 2.32. The zero-order chi connectivity index (χ0) is 14.7. The van der Waals surface area contributed by atoms with Crippen molar-refractivity contribution in [3.05, 3.63) is 31.9 Å². The van der Waals surface area contributed by atoms with Crippen LogP contribution in [0.15, 0.2) is 18.2 Å². The smallest absolute Gasteiger partial charge is 0.325 e. The van der Waals surface area contributed by atoms with E-state index >= 15 is 0 Å². The molecule has 0 aromatic heterocycles. The number of carbonyl (C=O) groups excluding carboxylic acids is 1. The minimum Gasteiger partial charge on any atom is -0.465 e. The number of non-ortho nitro benzene ring substituents is 1. The van der Waals surface area contributed by atoms with Gasteiger partial charge in [-0.25, -0.2) is 0 Å². The van der Waals surface area contributed by atoms with Crippen LogP contribution >= 0.6 is 22.6 Å². The monoisotopic (exact) mass is 390 g/mol. The van der Waals surface area contributed by atoms with Gasteiger partial charge in [0.1, 0.15) is 6.54 Å². The molecule has 7 heteroatoms. The molecule has 20 heavy (non-hydrogen) atoms. The third kappa shape index (κ3) is 3.59. The highest BCUT2D eigenvalue weighted by Gasteiger charge is 2.32. The predicted octanol–water partition coefficient (Wildman–Crippen LogP) is 2.73. The third-order valence-electron chi connectivity index (χ3n) is 3.04. The Morgan fingerprint density at radius 1 is 1.55 bits per heavy atom. The van der Waals surface area contributed by atoms with Gasteiger partial charge in [-0.1, -0.05) is 0 Å². The zero-order valence-corrected chi connectivity index (χ0v) is 13.2. The van der Waals surface area contributed by atoms with E-state index in [0.29, 0.717) is 12.6 Å². The first-order valence-corrected chi connectivity index (χ1v) is 7.47. The number of anilines is 1. The summed E-state index contributed by atoms with van der Waals surface area (Å²) in [5, 5.41) is 10.8. The van der Waals surface area contributed by atoms with Gasteiger partial charge in [0.15, 0.2) is 0 Å². The van der Waals surface area contributed by atoms with E-state index in [4.69, 9.17) is 4.74 Å². The molecule has 0 saturated heterocycles. The van der Waals surface area contributed by atoms with Crippen molar-refractivity contribution in [3.8, 4) is 0 Å². The molecule has 0 N–H and O–H groups in total. The van der Waals surface area contributed by atoms with Crippen LogP contribution in [0.1, 0.15) is 19.8 Å². The summed E-state index contributed by atoms with van der Waals surface area (Å²) < 4.78 is 5.75. The molecule has 0 aliphatic heterocycles. The van der Waals surface area contributed by atoms with Crippen molar-refractivity contribution in [1.29, 1.82) is 0 Å². The number of nitrogens with zero attached hydrogens (tertiary/aromatic N) is 2. The fraction of sp³-hybridized carbons (Fsp3) is 0.462. The molecule has 0 spiro atoms. The summed E-state index contributed by atoms with van der Waals surface area (Å²) in [4.78, 5) is 24.0. The average molecular weight is 390 g/mol. The van der Waals surface area contributed by atoms with Crippen LogP contribution in [0.5, 0.6) is 0 Å². The molecule has 108 valence electrons. The molecule has 1 aliphatic rings. The van der Waals surface area contributed by atoms with E-state index in [1.165, 1.54) is 12.1 Å². The maximum absolute atomic E-state index is 11.7. The molecule has 1 aliphatic carbocycles. The lowest BCUT2D eigenvalue weighted by Crippen LogP contribution is -2.33. The molecule has 1 aromatic carbocycles. The Bertz CT molecular complexity index is 531. The fourth-order valence-corrected chi connectivity index (χ4v) is 2.79. The molecule has 1 saturated carbocycles. The molecular weight excluding hydrogens is 375 g/mol. The Morgan fingerprint density at radius 3 is 2.75 bits per heavy atom. The van der Waals surface area contributed by atoms with Crippen LogP contribution in [0.3, 0.4) is 0 Å². The van der Waals surface area contributed by atoms with E-state index in [-0.39, 0.29) is 18.2 Å². The Kier molecular flexibility index (Phi) is 4.79. The van der Waals surface area contributed by atoms with Crippen LogP contribution in [-0.2, 0) is 9.53 Å². The molecule has 1 aromatic rings. The highest BCUT2D eigenvalue weighted by atomic mass is 127. The summed E-state index contributed by atoms with van der Waals surface area (Å²) in [5.41, 5.74) is 0.914. The quantitative estimate of drug-likeness (QED) is 0.323. The highest BCUT2D eigenvalue weighted by molar-refractivity contribution is 14.1. The summed E-state index contributed by atoms with van der Waals surface area (Å²) in [7, 11) is 0. The van der Waals surface area contributed by atoms with Gasteiger partial charge in [0.05, 0.1) is 17.2 Å². The normalized spacial score (nSPS) is 13.9. The number of rotatable bonds is 6. The second kappa shape index (κ2) is 6.38. The van der Waals surface area contributed by atoms with E-state index in [1.807, 2.05) is 4.90 Å². The second-order valence-corrected chi connectivity index (χ2v) is 5.72. The number of benzene rings is 1. The minimum atomic E-state index is -0.418. The van der Waals surface area contributed by atoms with Crippen molar-refractivity contribution in [2.24, 2.45) is 0 Å². The molecule has 0 bridgehead atoms. The fourth-order valence-electron chi connectivity index (χ4n) is 1.99. The van der Waals surface area contributed by atoms with E-state index < -0.39 is 4.92 Å². The van der Waals surface area contributed by atoms with E-state index in [9.17, 15) is 14.9 Å². The van der Waals surface area contributed by atoms with E-state index in [1.54, 1.807) is 13.0 Å². The molecule has 2 rings (SSSR count). The lowest BCUT2D eigenvalue weighted by Gasteiger charge is -2.24. The van der Waals surface area contributed by atoms with Gasteiger partial charge in [0.2, 0.25) is 0 Å². The van der Waals surface area contributed by atoms with Crippen molar-refractivity contribution >= 4 is 39.9 Å². The molecule has 0 amide bonds. The molecule has 0 unspecified atom stereocenters. The Labute approximate surface area is 130 Å². The van der Waals surface area contributed by atoms with Gasteiger partial charge in [0.25, 0.3) is 5.69 Å². The van der Waals surface area contributed by atoms with E-state index in [2.05, 4.69) is 22.6 Å². The maximum Gasteiger partial charge on any atom is 0.325 e. The number of halogens is 1. The van der Waals surface area contributed by atoms with Crippen LogP contribution in [0.4, 0.5) is 11.4 Å². The van der Waals surface area contributed by atoms with Crippen LogP contribution in [0, 0.1) is 13.7 Å². The number of hydrogen-bond donors (Lipinski definition) is 0. The van der Waals surface area contributed by atoms with Crippen molar-refractivity contribution in [1.82, 2.24) is 0 Å². The summed E-state index contributed by atoms with van der Waals surface area (Å²) in [5.74, 6) is -0.270. The highest BCUT2D eigenvalue weighted by Crippen LogP contribution is 2.35. The summed E-state index contributed by atoms with van der Waals surface area (Å²) in [6, 6.07) is 5.03. The second-order valence-electron chi connectivity index (χ2n) is 4.56. The molecule has 0 radical (unpaired) electrons. The van der Waals surface area contributed by atoms with Crippen molar-refractivity contribution in [2.45, 2.75) is 25.8 Å². The third-order valence-corrected chi connectivity index (χ3v) is 3.91. The average Bonchev–Trinajstić information content (AvgIpc) is 3.20.